The van der Waals surface area contributed by atoms with Crippen molar-refractivity contribution < 1.29 is 4.74 Å². The number of guanidine groups is 1. The summed E-state index contributed by atoms with van der Waals surface area (Å²) < 4.78 is 7.58. The Bertz CT molecular complexity index is 884. The molecule has 1 atom stereocenters. The summed E-state index contributed by atoms with van der Waals surface area (Å²) in [5, 5.41) is 11.4. The third kappa shape index (κ3) is 7.21. The van der Waals surface area contributed by atoms with E-state index >= 15 is 0 Å². The van der Waals surface area contributed by atoms with Crippen LogP contribution in [0, 0.1) is 0 Å². The molecule has 2 N–H and O–H groups in total. The molecule has 0 spiro atoms. The Hall–Kier alpha value is -2.33. The monoisotopic (exact) mass is 526 g/mol. The molecule has 0 bridgehead atoms. The van der Waals surface area contributed by atoms with Crippen molar-refractivity contribution in [3.8, 4) is 11.4 Å². The molecule has 0 aliphatic carbocycles. The highest BCUT2D eigenvalue weighted by atomic mass is 127. The van der Waals surface area contributed by atoms with Crippen molar-refractivity contribution in [1.82, 2.24) is 25.4 Å². The van der Waals surface area contributed by atoms with Crippen LogP contribution in [0.1, 0.15) is 12.5 Å². The topological polar surface area (TPSA) is 76.4 Å². The van der Waals surface area contributed by atoms with Gasteiger partial charge in [0.2, 0.25) is 0 Å². The maximum Gasteiger partial charge on any atom is 0.191 e. The van der Waals surface area contributed by atoms with Gasteiger partial charge in [-0.15, -0.1) is 24.0 Å². The number of nitrogens with zero attached hydrogens (tertiary/aromatic N) is 4. The highest BCUT2D eigenvalue weighted by molar-refractivity contribution is 14.0. The van der Waals surface area contributed by atoms with Crippen LogP contribution in [0.2, 0.25) is 5.02 Å². The number of aromatic nitrogens is 3. The number of rotatable bonds is 7. The molecule has 2 aromatic carbocycles. The van der Waals surface area contributed by atoms with E-state index in [1.807, 2.05) is 55.5 Å². The zero-order valence-electron chi connectivity index (χ0n) is 16.2. The second kappa shape index (κ2) is 11.6. The van der Waals surface area contributed by atoms with E-state index in [4.69, 9.17) is 16.3 Å². The number of hydrogen-bond donors (Lipinski definition) is 2. The van der Waals surface area contributed by atoms with E-state index in [1.54, 1.807) is 18.1 Å². The van der Waals surface area contributed by atoms with Crippen LogP contribution in [0.25, 0.3) is 5.69 Å². The minimum Gasteiger partial charge on any atom is -0.489 e. The Morgan fingerprint density at radius 1 is 1.14 bits per heavy atom. The zero-order chi connectivity index (χ0) is 19.8. The van der Waals surface area contributed by atoms with Crippen LogP contribution in [0.5, 0.6) is 5.75 Å². The van der Waals surface area contributed by atoms with Crippen LogP contribution in [-0.2, 0) is 6.54 Å². The van der Waals surface area contributed by atoms with E-state index in [2.05, 4.69) is 25.7 Å². The number of nitrogens with one attached hydrogen (secondary N) is 2. The van der Waals surface area contributed by atoms with Crippen molar-refractivity contribution in [2.75, 3.05) is 13.6 Å². The molecular formula is C20H24ClIN6O. The average Bonchev–Trinajstić information content (AvgIpc) is 3.25. The fraction of sp³-hybridized carbons (Fsp3) is 0.250. The predicted octanol–water partition coefficient (Wildman–Crippen LogP) is 3.67. The second-order valence-electron chi connectivity index (χ2n) is 6.20. The summed E-state index contributed by atoms with van der Waals surface area (Å²) in [5.41, 5.74) is 2.11. The molecule has 1 heterocycles. The van der Waals surface area contributed by atoms with Gasteiger partial charge in [-0.2, -0.15) is 5.10 Å². The molecule has 0 aliphatic heterocycles. The highest BCUT2D eigenvalue weighted by Crippen LogP contribution is 2.16. The lowest BCUT2D eigenvalue weighted by Gasteiger charge is -2.18. The molecule has 0 saturated carbocycles. The highest BCUT2D eigenvalue weighted by Gasteiger charge is 2.06. The molecule has 3 rings (SSSR count). The van der Waals surface area contributed by atoms with Gasteiger partial charge in [0.05, 0.1) is 12.2 Å². The first-order valence-electron chi connectivity index (χ1n) is 8.95. The normalized spacial score (nSPS) is 12.0. The molecule has 1 aromatic heterocycles. The number of ether oxygens (including phenoxy) is 1. The Morgan fingerprint density at radius 3 is 2.48 bits per heavy atom. The van der Waals surface area contributed by atoms with Gasteiger partial charge >= 0.3 is 0 Å². The number of halogens is 2. The van der Waals surface area contributed by atoms with Gasteiger partial charge in [-0.1, -0.05) is 23.7 Å². The van der Waals surface area contributed by atoms with Crippen molar-refractivity contribution in [3.63, 3.8) is 0 Å². The summed E-state index contributed by atoms with van der Waals surface area (Å²) in [6.45, 7) is 3.27. The van der Waals surface area contributed by atoms with E-state index in [1.165, 1.54) is 6.33 Å². The third-order valence-corrected chi connectivity index (χ3v) is 4.26. The van der Waals surface area contributed by atoms with Crippen molar-refractivity contribution in [2.24, 2.45) is 4.99 Å². The quantitative estimate of drug-likeness (QED) is 0.279. The molecule has 0 saturated heterocycles. The van der Waals surface area contributed by atoms with Gasteiger partial charge in [-0.05, 0) is 48.9 Å². The van der Waals surface area contributed by atoms with Crippen LogP contribution >= 0.6 is 35.6 Å². The molecule has 0 radical (unpaired) electrons. The minimum atomic E-state index is -0.0262. The van der Waals surface area contributed by atoms with Crippen molar-refractivity contribution in [2.45, 2.75) is 19.6 Å². The van der Waals surface area contributed by atoms with E-state index in [-0.39, 0.29) is 30.1 Å². The van der Waals surface area contributed by atoms with E-state index in [0.29, 0.717) is 24.1 Å². The van der Waals surface area contributed by atoms with Crippen LogP contribution < -0.4 is 15.4 Å². The molecule has 0 aliphatic rings. The summed E-state index contributed by atoms with van der Waals surface area (Å²) in [7, 11) is 1.74. The maximum absolute atomic E-state index is 5.89. The number of benzene rings is 2. The van der Waals surface area contributed by atoms with Crippen LogP contribution in [0.4, 0.5) is 0 Å². The fourth-order valence-electron chi connectivity index (χ4n) is 2.54. The van der Waals surface area contributed by atoms with E-state index in [9.17, 15) is 0 Å². The molecule has 0 amide bonds. The van der Waals surface area contributed by atoms with Crippen LogP contribution in [0.3, 0.4) is 0 Å². The summed E-state index contributed by atoms with van der Waals surface area (Å²) >= 11 is 5.89. The second-order valence-corrected chi connectivity index (χ2v) is 6.63. The SMILES string of the molecule is CN=C(NCc1ccc(-n2cncn2)cc1)NCC(C)Oc1ccc(Cl)cc1.I. The van der Waals surface area contributed by atoms with Crippen LogP contribution in [-0.4, -0.2) is 40.4 Å². The summed E-state index contributed by atoms with van der Waals surface area (Å²) in [5.74, 6) is 1.50. The maximum atomic E-state index is 5.89. The third-order valence-electron chi connectivity index (χ3n) is 4.01. The Balaban J connectivity index is 0.00000300. The summed E-state index contributed by atoms with van der Waals surface area (Å²) in [6, 6.07) is 15.4. The smallest absolute Gasteiger partial charge is 0.191 e. The first-order chi connectivity index (χ1) is 13.6. The van der Waals surface area contributed by atoms with Gasteiger partial charge in [0.25, 0.3) is 0 Å². The fourth-order valence-corrected chi connectivity index (χ4v) is 2.67. The lowest BCUT2D eigenvalue weighted by molar-refractivity contribution is 0.224. The number of hydrogen-bond acceptors (Lipinski definition) is 4. The van der Waals surface area contributed by atoms with Crippen molar-refractivity contribution >= 4 is 41.5 Å². The number of aliphatic imine (C=N–C) groups is 1. The van der Waals surface area contributed by atoms with Crippen LogP contribution in [0.15, 0.2) is 66.2 Å². The van der Waals surface area contributed by atoms with Gasteiger partial charge in [0.1, 0.15) is 24.5 Å². The lowest BCUT2D eigenvalue weighted by Crippen LogP contribution is -2.41. The molecule has 154 valence electrons. The zero-order valence-corrected chi connectivity index (χ0v) is 19.3. The van der Waals surface area contributed by atoms with Gasteiger partial charge in [0.15, 0.2) is 5.96 Å². The van der Waals surface area contributed by atoms with Gasteiger partial charge in [-0.25, -0.2) is 9.67 Å². The predicted molar refractivity (Wildman–Crippen MR) is 127 cm³/mol. The minimum absolute atomic E-state index is 0. The Morgan fingerprint density at radius 2 is 1.86 bits per heavy atom. The molecule has 7 nitrogen and oxygen atoms in total. The summed E-state index contributed by atoms with van der Waals surface area (Å²) in [6.07, 6.45) is 3.16. The van der Waals surface area contributed by atoms with Crippen molar-refractivity contribution in [1.29, 1.82) is 0 Å². The van der Waals surface area contributed by atoms with E-state index in [0.717, 1.165) is 17.0 Å². The van der Waals surface area contributed by atoms with Gasteiger partial charge in [0, 0.05) is 18.6 Å². The lowest BCUT2D eigenvalue weighted by atomic mass is 10.2. The Labute approximate surface area is 192 Å². The molecule has 3 aromatic rings. The largest absolute Gasteiger partial charge is 0.489 e. The molecule has 29 heavy (non-hydrogen) atoms. The van der Waals surface area contributed by atoms with Gasteiger partial charge in [-0.3, -0.25) is 4.99 Å². The molecule has 1 unspecified atom stereocenters. The van der Waals surface area contributed by atoms with E-state index < -0.39 is 0 Å². The molecule has 9 heteroatoms. The standard InChI is InChI=1S/C20H23ClN6O.HI/c1-15(28-19-9-5-17(21)6-10-19)11-24-20(22-2)25-12-16-3-7-18(8-4-16)27-14-23-13-26-27;/h3-10,13-15H,11-12H2,1-2H3,(H2,22,24,25);1H. The average molecular weight is 527 g/mol. The molecular weight excluding hydrogens is 503 g/mol. The Kier molecular flexibility index (Phi) is 9.20. The summed E-state index contributed by atoms with van der Waals surface area (Å²) in [4.78, 5) is 8.21. The first kappa shape index (κ1) is 23.0. The molecule has 0 fully saturated rings. The van der Waals surface area contributed by atoms with Crippen molar-refractivity contribution in [3.05, 3.63) is 71.8 Å². The first-order valence-corrected chi connectivity index (χ1v) is 9.32. The van der Waals surface area contributed by atoms with Gasteiger partial charge < -0.3 is 15.4 Å².